The summed E-state index contributed by atoms with van der Waals surface area (Å²) < 4.78 is 0. The first kappa shape index (κ1) is 25.7. The van der Waals surface area contributed by atoms with Crippen molar-refractivity contribution < 1.29 is 34.5 Å². The fraction of sp³-hybridized carbons (Fsp3) is 0.750. The molecule has 0 aromatic heterocycles. The summed E-state index contributed by atoms with van der Waals surface area (Å²) in [5, 5.41) is 34.5. The third-order valence-electron chi connectivity index (χ3n) is 3.86. The number of carbonyl (C=O) groups excluding carboxylic acids is 3. The number of unbranched alkanes of at least 4 members (excludes halogenated alkanes) is 1. The zero-order valence-corrected chi connectivity index (χ0v) is 16.1. The molecule has 5 atom stereocenters. The number of carbonyl (C=O) groups is 4. The van der Waals surface area contributed by atoms with Crippen LogP contribution in [0.3, 0.4) is 0 Å². The molecule has 0 saturated heterocycles. The van der Waals surface area contributed by atoms with E-state index in [1.165, 1.54) is 13.8 Å². The van der Waals surface area contributed by atoms with E-state index in [1.54, 1.807) is 0 Å². The van der Waals surface area contributed by atoms with Crippen molar-refractivity contribution in [1.82, 2.24) is 16.0 Å². The van der Waals surface area contributed by atoms with Crippen LogP contribution in [0, 0.1) is 0 Å². The minimum absolute atomic E-state index is 0.357. The first-order valence-corrected chi connectivity index (χ1v) is 8.93. The number of carboxylic acid groups (broad SMARTS) is 1. The van der Waals surface area contributed by atoms with Gasteiger partial charge in [0.2, 0.25) is 17.7 Å². The van der Waals surface area contributed by atoms with Crippen molar-refractivity contribution in [3.05, 3.63) is 0 Å². The molecule has 10 N–H and O–H groups in total. The molecule has 0 aliphatic heterocycles. The van der Waals surface area contributed by atoms with E-state index in [1.807, 2.05) is 5.32 Å². The number of aliphatic carboxylic acids is 1. The molecule has 0 heterocycles. The van der Waals surface area contributed by atoms with E-state index in [4.69, 9.17) is 16.6 Å². The van der Waals surface area contributed by atoms with Gasteiger partial charge in [-0.3, -0.25) is 14.4 Å². The molecule has 0 aromatic rings. The van der Waals surface area contributed by atoms with Crippen LogP contribution in [0.2, 0.25) is 0 Å². The Morgan fingerprint density at radius 2 is 1.50 bits per heavy atom. The zero-order valence-electron chi connectivity index (χ0n) is 16.1. The summed E-state index contributed by atoms with van der Waals surface area (Å²) in [5.41, 5.74) is 11.1. The summed E-state index contributed by atoms with van der Waals surface area (Å²) >= 11 is 0. The Morgan fingerprint density at radius 1 is 0.929 bits per heavy atom. The Kier molecular flexibility index (Phi) is 11.9. The molecule has 0 radical (unpaired) electrons. The number of nitrogens with two attached hydrogens (primary N) is 2. The number of aliphatic hydroxyl groups is 2. The number of aliphatic hydroxyl groups excluding tert-OH is 2. The van der Waals surface area contributed by atoms with Crippen LogP contribution in [0.4, 0.5) is 0 Å². The van der Waals surface area contributed by atoms with Gasteiger partial charge in [0.1, 0.15) is 6.04 Å². The molecule has 0 fully saturated rings. The fourth-order valence-corrected chi connectivity index (χ4v) is 2.20. The lowest BCUT2D eigenvalue weighted by Gasteiger charge is -2.23. The minimum Gasteiger partial charge on any atom is -0.480 e. The van der Waals surface area contributed by atoms with Gasteiger partial charge in [0.15, 0.2) is 6.04 Å². The maximum absolute atomic E-state index is 12.2. The lowest BCUT2D eigenvalue weighted by Crippen LogP contribution is -2.57. The Morgan fingerprint density at radius 3 is 1.96 bits per heavy atom. The molecule has 28 heavy (non-hydrogen) atoms. The topological polar surface area (TPSA) is 217 Å². The van der Waals surface area contributed by atoms with Crippen molar-refractivity contribution in [2.75, 3.05) is 13.1 Å². The van der Waals surface area contributed by atoms with Crippen LogP contribution < -0.4 is 27.4 Å². The normalized spacial score (nSPS) is 16.2. The van der Waals surface area contributed by atoms with E-state index in [0.717, 1.165) is 0 Å². The second kappa shape index (κ2) is 13.0. The van der Waals surface area contributed by atoms with Crippen molar-refractivity contribution in [3.63, 3.8) is 0 Å². The molecule has 12 nitrogen and oxygen atoms in total. The molecule has 0 bridgehead atoms. The first-order valence-electron chi connectivity index (χ1n) is 8.93. The van der Waals surface area contributed by atoms with Gasteiger partial charge in [-0.05, 0) is 33.2 Å². The SMILES string of the molecule is CC(O)C(NC(=O)CNC(=O)C(NC(=O)C(N)CCCCN)C(C)O)C(=O)O. The highest BCUT2D eigenvalue weighted by Gasteiger charge is 2.29. The van der Waals surface area contributed by atoms with Crippen molar-refractivity contribution in [2.24, 2.45) is 11.5 Å². The number of amides is 3. The molecule has 0 aromatic carbocycles. The molecule has 0 aliphatic carbocycles. The van der Waals surface area contributed by atoms with E-state index >= 15 is 0 Å². The van der Waals surface area contributed by atoms with Crippen molar-refractivity contribution in [2.45, 2.75) is 63.4 Å². The van der Waals surface area contributed by atoms with E-state index in [-0.39, 0.29) is 0 Å². The van der Waals surface area contributed by atoms with Crippen LogP contribution in [0.5, 0.6) is 0 Å². The van der Waals surface area contributed by atoms with Crippen LogP contribution >= 0.6 is 0 Å². The molecule has 0 aliphatic rings. The summed E-state index contributed by atoms with van der Waals surface area (Å²) in [5.74, 6) is -3.79. The highest BCUT2D eigenvalue weighted by Crippen LogP contribution is 2.01. The lowest BCUT2D eigenvalue weighted by atomic mass is 10.1. The summed E-state index contributed by atoms with van der Waals surface area (Å²) in [4.78, 5) is 46.9. The lowest BCUT2D eigenvalue weighted by molar-refractivity contribution is -0.144. The van der Waals surface area contributed by atoms with Gasteiger partial charge in [0, 0.05) is 0 Å². The molecule has 0 saturated carbocycles. The number of carboxylic acids is 1. The Balaban J connectivity index is 4.68. The second-order valence-corrected chi connectivity index (χ2v) is 6.46. The van der Waals surface area contributed by atoms with Crippen molar-refractivity contribution in [3.8, 4) is 0 Å². The number of hydrogen-bond donors (Lipinski definition) is 8. The molecule has 12 heteroatoms. The Labute approximate surface area is 163 Å². The van der Waals surface area contributed by atoms with Gasteiger partial charge in [0.25, 0.3) is 0 Å². The maximum atomic E-state index is 12.2. The van der Waals surface area contributed by atoms with Crippen LogP contribution in [-0.2, 0) is 19.2 Å². The fourth-order valence-electron chi connectivity index (χ4n) is 2.20. The largest absolute Gasteiger partial charge is 0.480 e. The van der Waals surface area contributed by atoms with Crippen LogP contribution in [0.25, 0.3) is 0 Å². The quantitative estimate of drug-likeness (QED) is 0.142. The first-order chi connectivity index (χ1) is 13.0. The molecule has 162 valence electrons. The number of rotatable bonds is 13. The molecule has 0 spiro atoms. The summed E-state index contributed by atoms with van der Waals surface area (Å²) in [7, 11) is 0. The van der Waals surface area contributed by atoms with E-state index in [2.05, 4.69) is 10.6 Å². The van der Waals surface area contributed by atoms with Crippen LogP contribution in [0.1, 0.15) is 33.1 Å². The van der Waals surface area contributed by atoms with Gasteiger partial charge in [-0.25, -0.2) is 4.79 Å². The van der Waals surface area contributed by atoms with E-state index in [9.17, 15) is 29.4 Å². The van der Waals surface area contributed by atoms with Gasteiger partial charge in [-0.15, -0.1) is 0 Å². The van der Waals surface area contributed by atoms with E-state index in [0.29, 0.717) is 25.8 Å². The third kappa shape index (κ3) is 9.60. The number of nitrogens with one attached hydrogen (secondary N) is 3. The van der Waals surface area contributed by atoms with Gasteiger partial charge >= 0.3 is 5.97 Å². The van der Waals surface area contributed by atoms with Crippen molar-refractivity contribution >= 4 is 23.7 Å². The molecule has 3 amide bonds. The highest BCUT2D eigenvalue weighted by molar-refractivity contribution is 5.92. The Bertz CT molecular complexity index is 541. The zero-order chi connectivity index (χ0) is 21.9. The third-order valence-corrected chi connectivity index (χ3v) is 3.86. The van der Waals surface area contributed by atoms with Crippen LogP contribution in [-0.4, -0.2) is 82.4 Å². The summed E-state index contributed by atoms with van der Waals surface area (Å²) in [6, 6.07) is -3.78. The maximum Gasteiger partial charge on any atom is 0.328 e. The summed E-state index contributed by atoms with van der Waals surface area (Å²) in [6.45, 7) is 2.32. The standard InChI is InChI=1S/C16H31N5O7/c1-8(22)12(21-14(25)10(18)5-3-4-6-17)15(26)19-7-11(24)20-13(9(2)23)16(27)28/h8-10,12-13,22-23H,3-7,17-18H2,1-2H3,(H,19,26)(H,20,24)(H,21,25)(H,27,28). The smallest absolute Gasteiger partial charge is 0.328 e. The van der Waals surface area contributed by atoms with Crippen molar-refractivity contribution in [1.29, 1.82) is 0 Å². The number of hydrogen-bond acceptors (Lipinski definition) is 8. The molecular formula is C16H31N5O7. The monoisotopic (exact) mass is 405 g/mol. The van der Waals surface area contributed by atoms with Gasteiger partial charge in [0.05, 0.1) is 24.8 Å². The summed E-state index contributed by atoms with van der Waals surface area (Å²) in [6.07, 6.45) is -0.935. The van der Waals surface area contributed by atoms with Gasteiger partial charge < -0.3 is 42.7 Å². The Hall–Kier alpha value is -2.28. The molecule has 0 rings (SSSR count). The second-order valence-electron chi connectivity index (χ2n) is 6.46. The predicted molar refractivity (Wildman–Crippen MR) is 98.7 cm³/mol. The van der Waals surface area contributed by atoms with Gasteiger partial charge in [-0.2, -0.15) is 0 Å². The van der Waals surface area contributed by atoms with Gasteiger partial charge in [-0.1, -0.05) is 6.42 Å². The molecule has 5 unspecified atom stereocenters. The van der Waals surface area contributed by atoms with E-state index < -0.39 is 60.6 Å². The predicted octanol–water partition coefficient (Wildman–Crippen LogP) is -3.63. The average Bonchev–Trinajstić information content (AvgIpc) is 2.61. The highest BCUT2D eigenvalue weighted by atomic mass is 16.4. The molecular weight excluding hydrogens is 374 g/mol. The minimum atomic E-state index is -1.54. The average molecular weight is 405 g/mol. The van der Waals surface area contributed by atoms with Crippen LogP contribution in [0.15, 0.2) is 0 Å².